The van der Waals surface area contributed by atoms with Crippen molar-refractivity contribution in [3.8, 4) is 5.75 Å². The Hall–Kier alpha value is -2.82. The van der Waals surface area contributed by atoms with Crippen LogP contribution in [-0.2, 0) is 11.2 Å². The highest BCUT2D eigenvalue weighted by Gasteiger charge is 2.27. The van der Waals surface area contributed by atoms with E-state index in [1.54, 1.807) is 30.3 Å². The van der Waals surface area contributed by atoms with Crippen molar-refractivity contribution < 1.29 is 23.8 Å². The minimum absolute atomic E-state index is 0.0537. The van der Waals surface area contributed by atoms with Gasteiger partial charge < -0.3 is 14.3 Å². The van der Waals surface area contributed by atoms with E-state index in [0.29, 0.717) is 28.7 Å². The number of ether oxygens (including phenoxy) is 1. The standard InChI is InChI=1S/C16H12O5/c1-20-16(19)15-9(5-6-21-15)7-10-8-12-11(14(10)18)3-2-4-13(12)17/h2-7,17H,8H2,1H3/b10-7-. The predicted octanol–water partition coefficient (Wildman–Crippen LogP) is 2.59. The van der Waals surface area contributed by atoms with E-state index in [9.17, 15) is 14.7 Å². The summed E-state index contributed by atoms with van der Waals surface area (Å²) in [7, 11) is 1.26. The number of phenols is 1. The highest BCUT2D eigenvalue weighted by Crippen LogP contribution is 2.33. The van der Waals surface area contributed by atoms with E-state index < -0.39 is 5.97 Å². The van der Waals surface area contributed by atoms with Gasteiger partial charge in [-0.1, -0.05) is 12.1 Å². The number of fused-ring (bicyclic) bond motifs is 1. The Morgan fingerprint density at radius 1 is 1.38 bits per heavy atom. The molecule has 0 amide bonds. The van der Waals surface area contributed by atoms with Crippen molar-refractivity contribution in [1.82, 2.24) is 0 Å². The van der Waals surface area contributed by atoms with Gasteiger partial charge in [-0.25, -0.2) is 4.79 Å². The number of carbonyl (C=O) groups excluding carboxylic acids is 2. The molecule has 21 heavy (non-hydrogen) atoms. The number of phenolic OH excluding ortho intramolecular Hbond substituents is 1. The maximum atomic E-state index is 12.3. The molecule has 0 unspecified atom stereocenters. The molecule has 0 saturated heterocycles. The topological polar surface area (TPSA) is 76.7 Å². The number of ketones is 1. The second-order valence-corrected chi connectivity index (χ2v) is 4.68. The van der Waals surface area contributed by atoms with Crippen LogP contribution in [0.25, 0.3) is 6.08 Å². The molecule has 0 aliphatic heterocycles. The molecular formula is C16H12O5. The van der Waals surface area contributed by atoms with Crippen molar-refractivity contribution in [3.05, 3.63) is 58.6 Å². The van der Waals surface area contributed by atoms with Gasteiger partial charge in [0.15, 0.2) is 5.78 Å². The first-order chi connectivity index (χ1) is 10.1. The first-order valence-electron chi connectivity index (χ1n) is 6.33. The predicted molar refractivity (Wildman–Crippen MR) is 74.2 cm³/mol. The fraction of sp³-hybridized carbons (Fsp3) is 0.125. The summed E-state index contributed by atoms with van der Waals surface area (Å²) in [6.07, 6.45) is 3.28. The highest BCUT2D eigenvalue weighted by atomic mass is 16.5. The zero-order valence-corrected chi connectivity index (χ0v) is 11.3. The molecule has 1 aromatic heterocycles. The largest absolute Gasteiger partial charge is 0.508 e. The Morgan fingerprint density at radius 3 is 2.90 bits per heavy atom. The van der Waals surface area contributed by atoms with Crippen LogP contribution in [0.2, 0.25) is 0 Å². The second-order valence-electron chi connectivity index (χ2n) is 4.68. The highest BCUT2D eigenvalue weighted by molar-refractivity contribution is 6.16. The Morgan fingerprint density at radius 2 is 2.19 bits per heavy atom. The molecule has 1 aliphatic rings. The third kappa shape index (κ3) is 2.12. The monoisotopic (exact) mass is 284 g/mol. The molecule has 1 aliphatic carbocycles. The van der Waals surface area contributed by atoms with Crippen LogP contribution in [0.1, 0.15) is 32.0 Å². The number of hydrogen-bond donors (Lipinski definition) is 1. The first kappa shape index (κ1) is 13.2. The van der Waals surface area contributed by atoms with Crippen molar-refractivity contribution in [3.63, 3.8) is 0 Å². The van der Waals surface area contributed by atoms with Gasteiger partial charge in [0, 0.05) is 28.7 Å². The number of methoxy groups -OCH3 is 1. The van der Waals surface area contributed by atoms with Crippen molar-refractivity contribution in [2.45, 2.75) is 6.42 Å². The van der Waals surface area contributed by atoms with Crippen LogP contribution in [-0.4, -0.2) is 24.0 Å². The lowest BCUT2D eigenvalue weighted by atomic mass is 10.1. The average Bonchev–Trinajstić information content (AvgIpc) is 3.06. The normalized spacial score (nSPS) is 15.3. The van der Waals surface area contributed by atoms with Crippen LogP contribution in [0.5, 0.6) is 5.75 Å². The first-order valence-corrected chi connectivity index (χ1v) is 6.33. The van der Waals surface area contributed by atoms with Gasteiger partial charge in [-0.05, 0) is 18.2 Å². The molecule has 1 heterocycles. The summed E-state index contributed by atoms with van der Waals surface area (Å²) in [5, 5.41) is 9.80. The van der Waals surface area contributed by atoms with Gasteiger partial charge in [0.05, 0.1) is 13.4 Å². The third-order valence-corrected chi connectivity index (χ3v) is 3.45. The molecule has 1 N–H and O–H groups in total. The number of benzene rings is 1. The summed E-state index contributed by atoms with van der Waals surface area (Å²) in [5.74, 6) is -0.599. The van der Waals surface area contributed by atoms with Gasteiger partial charge in [-0.3, -0.25) is 4.79 Å². The smallest absolute Gasteiger partial charge is 0.374 e. The number of rotatable bonds is 2. The van der Waals surface area contributed by atoms with E-state index >= 15 is 0 Å². The summed E-state index contributed by atoms with van der Waals surface area (Å²) in [6.45, 7) is 0. The maximum absolute atomic E-state index is 12.3. The van der Waals surface area contributed by atoms with E-state index in [4.69, 9.17) is 4.42 Å². The van der Waals surface area contributed by atoms with Gasteiger partial charge in [-0.2, -0.15) is 0 Å². The van der Waals surface area contributed by atoms with Crippen molar-refractivity contribution >= 4 is 17.8 Å². The fourth-order valence-electron chi connectivity index (χ4n) is 2.41. The van der Waals surface area contributed by atoms with E-state index in [1.165, 1.54) is 13.4 Å². The number of carbonyl (C=O) groups is 2. The summed E-state index contributed by atoms with van der Waals surface area (Å²) in [5.41, 5.74) is 2.08. The second kappa shape index (κ2) is 4.94. The SMILES string of the molecule is COC(=O)c1occc1/C=C1/Cc2c(O)cccc2C1=O. The van der Waals surface area contributed by atoms with Crippen molar-refractivity contribution in [2.24, 2.45) is 0 Å². The van der Waals surface area contributed by atoms with Crippen LogP contribution in [0.15, 0.2) is 40.5 Å². The quantitative estimate of drug-likeness (QED) is 0.677. The van der Waals surface area contributed by atoms with Gasteiger partial charge in [0.2, 0.25) is 5.76 Å². The number of furan rings is 1. The zero-order valence-electron chi connectivity index (χ0n) is 11.3. The Bertz CT molecular complexity index is 767. The molecule has 0 fully saturated rings. The number of aromatic hydroxyl groups is 1. The third-order valence-electron chi connectivity index (χ3n) is 3.45. The van der Waals surface area contributed by atoms with Gasteiger partial charge in [0.25, 0.3) is 0 Å². The van der Waals surface area contributed by atoms with E-state index in [-0.39, 0.29) is 17.3 Å². The molecule has 0 saturated carbocycles. The number of allylic oxidation sites excluding steroid dienone is 1. The van der Waals surface area contributed by atoms with Crippen LogP contribution in [0.4, 0.5) is 0 Å². The zero-order chi connectivity index (χ0) is 15.0. The lowest BCUT2D eigenvalue weighted by molar-refractivity contribution is 0.0564. The molecule has 0 radical (unpaired) electrons. The van der Waals surface area contributed by atoms with E-state index in [2.05, 4.69) is 4.74 Å². The molecule has 0 atom stereocenters. The van der Waals surface area contributed by atoms with E-state index in [1.807, 2.05) is 0 Å². The molecular weight excluding hydrogens is 272 g/mol. The number of hydrogen-bond acceptors (Lipinski definition) is 5. The van der Waals surface area contributed by atoms with Gasteiger partial charge in [-0.15, -0.1) is 0 Å². The Kier molecular flexibility index (Phi) is 3.10. The molecule has 0 spiro atoms. The molecule has 2 aromatic rings. The lowest BCUT2D eigenvalue weighted by Crippen LogP contribution is -2.02. The Balaban J connectivity index is 2.01. The van der Waals surface area contributed by atoms with Crippen molar-refractivity contribution in [1.29, 1.82) is 0 Å². The van der Waals surface area contributed by atoms with Gasteiger partial charge in [0.1, 0.15) is 5.75 Å². The number of esters is 1. The van der Waals surface area contributed by atoms with Crippen LogP contribution in [0, 0.1) is 0 Å². The molecule has 0 bridgehead atoms. The molecule has 1 aromatic carbocycles. The van der Waals surface area contributed by atoms with Crippen LogP contribution >= 0.6 is 0 Å². The minimum Gasteiger partial charge on any atom is -0.508 e. The fourth-order valence-corrected chi connectivity index (χ4v) is 2.41. The van der Waals surface area contributed by atoms with Crippen LogP contribution in [0.3, 0.4) is 0 Å². The summed E-state index contributed by atoms with van der Waals surface area (Å²) >= 11 is 0. The summed E-state index contributed by atoms with van der Waals surface area (Å²) < 4.78 is 9.70. The molecule has 3 rings (SSSR count). The van der Waals surface area contributed by atoms with Crippen LogP contribution < -0.4 is 0 Å². The van der Waals surface area contributed by atoms with Gasteiger partial charge >= 0.3 is 5.97 Å². The molecule has 5 nitrogen and oxygen atoms in total. The molecule has 106 valence electrons. The molecule has 5 heteroatoms. The summed E-state index contributed by atoms with van der Waals surface area (Å²) in [4.78, 5) is 23.9. The average molecular weight is 284 g/mol. The Labute approximate surface area is 120 Å². The van der Waals surface area contributed by atoms with Crippen molar-refractivity contribution in [2.75, 3.05) is 7.11 Å². The minimum atomic E-state index is -0.599. The van der Waals surface area contributed by atoms with E-state index in [0.717, 1.165) is 0 Å². The lowest BCUT2D eigenvalue weighted by Gasteiger charge is -1.98. The summed E-state index contributed by atoms with van der Waals surface area (Å²) in [6, 6.07) is 6.45. The maximum Gasteiger partial charge on any atom is 0.374 e. The number of Topliss-reactive ketones (excluding diaryl/α,β-unsaturated/α-hetero) is 1.